The van der Waals surface area contributed by atoms with E-state index in [1.165, 1.54) is 14.0 Å². The summed E-state index contributed by atoms with van der Waals surface area (Å²) in [7, 11) is 1.21. The van der Waals surface area contributed by atoms with Gasteiger partial charge in [-0.3, -0.25) is 14.5 Å². The minimum atomic E-state index is -1.01. The fourth-order valence-electron chi connectivity index (χ4n) is 3.80. The van der Waals surface area contributed by atoms with Crippen LogP contribution in [0.4, 0.5) is 4.79 Å². The molecule has 0 spiro atoms. The zero-order chi connectivity index (χ0) is 25.8. The van der Waals surface area contributed by atoms with E-state index in [1.807, 2.05) is 25.1 Å². The zero-order valence-electron chi connectivity index (χ0n) is 19.9. The first-order chi connectivity index (χ1) is 17.3. The standard InChI is InChI=1S/C27H24BrNO6S/c1-4-34-22-13-18(14-23-25(30)29(27(32)36-23)16(2)26(31)33-3)12-21(28)24(22)35-15-17-9-10-19-7-5-6-8-20(19)11-17/h5-14,16H,4,15H2,1-3H3/b23-14+/t16-/m1/s1. The van der Waals surface area contributed by atoms with Crippen molar-refractivity contribution in [2.45, 2.75) is 26.5 Å². The third kappa shape index (κ3) is 5.42. The van der Waals surface area contributed by atoms with Crippen molar-refractivity contribution in [3.63, 3.8) is 0 Å². The summed E-state index contributed by atoms with van der Waals surface area (Å²) in [6, 6.07) is 16.8. The third-order valence-corrected chi connectivity index (χ3v) is 7.05. The second-order valence-electron chi connectivity index (χ2n) is 7.98. The Morgan fingerprint density at radius 1 is 1.08 bits per heavy atom. The van der Waals surface area contributed by atoms with E-state index in [0.29, 0.717) is 34.7 Å². The zero-order valence-corrected chi connectivity index (χ0v) is 22.4. The number of hydrogen-bond acceptors (Lipinski definition) is 7. The lowest BCUT2D eigenvalue weighted by atomic mass is 10.1. The molecule has 1 heterocycles. The van der Waals surface area contributed by atoms with Crippen molar-refractivity contribution in [1.82, 2.24) is 4.90 Å². The smallest absolute Gasteiger partial charge is 0.328 e. The lowest BCUT2D eigenvalue weighted by Crippen LogP contribution is -2.42. The van der Waals surface area contributed by atoms with Crippen LogP contribution in [-0.2, 0) is 20.9 Å². The largest absolute Gasteiger partial charge is 0.490 e. The van der Waals surface area contributed by atoms with E-state index in [2.05, 4.69) is 44.9 Å². The fourth-order valence-corrected chi connectivity index (χ4v) is 5.28. The van der Waals surface area contributed by atoms with E-state index in [4.69, 9.17) is 9.47 Å². The predicted octanol–water partition coefficient (Wildman–Crippen LogP) is 6.18. The molecule has 0 N–H and O–H groups in total. The number of ether oxygens (including phenoxy) is 3. The normalized spacial score (nSPS) is 15.4. The highest BCUT2D eigenvalue weighted by Gasteiger charge is 2.41. The molecule has 0 aromatic heterocycles. The molecular formula is C27H24BrNO6S. The van der Waals surface area contributed by atoms with Crippen LogP contribution in [0, 0.1) is 0 Å². The molecule has 3 aromatic carbocycles. The number of thioether (sulfide) groups is 1. The number of amides is 2. The maximum Gasteiger partial charge on any atom is 0.328 e. The molecule has 3 aromatic rings. The summed E-state index contributed by atoms with van der Waals surface area (Å²) in [6.45, 7) is 4.08. The van der Waals surface area contributed by atoms with Gasteiger partial charge in [-0.05, 0) is 87.7 Å². The first-order valence-corrected chi connectivity index (χ1v) is 12.8. The Morgan fingerprint density at radius 2 is 1.83 bits per heavy atom. The van der Waals surface area contributed by atoms with Gasteiger partial charge in [-0.25, -0.2) is 4.79 Å². The summed E-state index contributed by atoms with van der Waals surface area (Å²) in [6.07, 6.45) is 1.59. The highest BCUT2D eigenvalue weighted by atomic mass is 79.9. The van der Waals surface area contributed by atoms with E-state index >= 15 is 0 Å². The molecule has 1 atom stereocenters. The third-order valence-electron chi connectivity index (χ3n) is 5.58. The average Bonchev–Trinajstić information content (AvgIpc) is 3.14. The highest BCUT2D eigenvalue weighted by molar-refractivity contribution is 9.10. The number of esters is 1. The van der Waals surface area contributed by atoms with Crippen LogP contribution in [0.3, 0.4) is 0 Å². The summed E-state index contributed by atoms with van der Waals surface area (Å²) in [4.78, 5) is 38.2. The van der Waals surface area contributed by atoms with Crippen LogP contribution in [0.2, 0.25) is 0 Å². The molecule has 2 amide bonds. The molecule has 0 unspecified atom stereocenters. The van der Waals surface area contributed by atoms with Crippen LogP contribution in [0.25, 0.3) is 16.8 Å². The van der Waals surface area contributed by atoms with Crippen molar-refractivity contribution >= 4 is 61.7 Å². The van der Waals surface area contributed by atoms with Crippen LogP contribution < -0.4 is 9.47 Å². The topological polar surface area (TPSA) is 82.1 Å². The highest BCUT2D eigenvalue weighted by Crippen LogP contribution is 2.40. The SMILES string of the molecule is CCOc1cc(/C=C2/SC(=O)N([C@H](C)C(=O)OC)C2=O)cc(Br)c1OCc1ccc2ccccc2c1. The Morgan fingerprint density at radius 3 is 2.56 bits per heavy atom. The van der Waals surface area contributed by atoms with Gasteiger partial charge < -0.3 is 14.2 Å². The molecule has 186 valence electrons. The molecule has 1 aliphatic rings. The van der Waals surface area contributed by atoms with E-state index in [0.717, 1.165) is 33.0 Å². The number of imide groups is 1. The van der Waals surface area contributed by atoms with Crippen LogP contribution in [0.1, 0.15) is 25.0 Å². The Bertz CT molecular complexity index is 1370. The second-order valence-corrected chi connectivity index (χ2v) is 9.83. The summed E-state index contributed by atoms with van der Waals surface area (Å²) < 4.78 is 17.3. The Balaban J connectivity index is 1.58. The van der Waals surface area contributed by atoms with E-state index < -0.39 is 23.2 Å². The lowest BCUT2D eigenvalue weighted by Gasteiger charge is -2.18. The second kappa shape index (κ2) is 11.2. The van der Waals surface area contributed by atoms with Crippen molar-refractivity contribution in [3.05, 3.63) is 75.1 Å². The molecule has 0 saturated carbocycles. The van der Waals surface area contributed by atoms with E-state index in [1.54, 1.807) is 18.2 Å². The van der Waals surface area contributed by atoms with Gasteiger partial charge in [0.05, 0.1) is 23.1 Å². The summed E-state index contributed by atoms with van der Waals surface area (Å²) >= 11 is 4.33. The number of halogens is 1. The van der Waals surface area contributed by atoms with Gasteiger partial charge >= 0.3 is 5.97 Å². The van der Waals surface area contributed by atoms with Crippen molar-refractivity contribution in [3.8, 4) is 11.5 Å². The maximum absolute atomic E-state index is 12.8. The number of benzene rings is 3. The van der Waals surface area contributed by atoms with Crippen molar-refractivity contribution in [2.24, 2.45) is 0 Å². The molecule has 0 bridgehead atoms. The average molecular weight is 570 g/mol. The maximum atomic E-state index is 12.8. The van der Waals surface area contributed by atoms with Gasteiger partial charge in [-0.2, -0.15) is 0 Å². The van der Waals surface area contributed by atoms with Crippen LogP contribution >= 0.6 is 27.7 Å². The summed E-state index contributed by atoms with van der Waals surface area (Å²) in [5.41, 5.74) is 1.65. The molecule has 1 saturated heterocycles. The molecule has 0 aliphatic carbocycles. The number of hydrogen-bond donors (Lipinski definition) is 0. The molecule has 0 radical (unpaired) electrons. The molecule has 1 fully saturated rings. The van der Waals surface area contributed by atoms with Gasteiger partial charge in [0, 0.05) is 0 Å². The Kier molecular flexibility index (Phi) is 8.01. The van der Waals surface area contributed by atoms with Crippen molar-refractivity contribution in [1.29, 1.82) is 0 Å². The molecule has 4 rings (SSSR count). The predicted molar refractivity (Wildman–Crippen MR) is 143 cm³/mol. The molecule has 7 nitrogen and oxygen atoms in total. The van der Waals surface area contributed by atoms with Crippen LogP contribution in [-0.4, -0.2) is 41.8 Å². The van der Waals surface area contributed by atoms with Gasteiger partial charge in [-0.1, -0.05) is 36.4 Å². The van der Waals surface area contributed by atoms with Crippen LogP contribution in [0.15, 0.2) is 64.0 Å². The minimum absolute atomic E-state index is 0.204. The van der Waals surface area contributed by atoms with Gasteiger partial charge in [0.2, 0.25) is 0 Å². The van der Waals surface area contributed by atoms with Crippen LogP contribution in [0.5, 0.6) is 11.5 Å². The monoisotopic (exact) mass is 569 g/mol. The van der Waals surface area contributed by atoms with Gasteiger partial charge in [-0.15, -0.1) is 0 Å². The summed E-state index contributed by atoms with van der Waals surface area (Å²) in [5, 5.41) is 1.77. The first-order valence-electron chi connectivity index (χ1n) is 11.2. The van der Waals surface area contributed by atoms with Gasteiger partial charge in [0.1, 0.15) is 12.6 Å². The fraction of sp³-hybridized carbons (Fsp3) is 0.222. The lowest BCUT2D eigenvalue weighted by molar-refractivity contribution is -0.148. The molecule has 36 heavy (non-hydrogen) atoms. The van der Waals surface area contributed by atoms with E-state index in [-0.39, 0.29) is 4.91 Å². The number of carbonyl (C=O) groups excluding carboxylic acids is 3. The Labute approximate surface area is 221 Å². The number of nitrogens with zero attached hydrogens (tertiary/aromatic N) is 1. The summed E-state index contributed by atoms with van der Waals surface area (Å²) in [5.74, 6) is -0.169. The van der Waals surface area contributed by atoms with Crippen molar-refractivity contribution in [2.75, 3.05) is 13.7 Å². The Hall–Kier alpha value is -3.30. The number of rotatable bonds is 8. The van der Waals surface area contributed by atoms with E-state index in [9.17, 15) is 14.4 Å². The van der Waals surface area contributed by atoms with Gasteiger partial charge in [0.15, 0.2) is 11.5 Å². The number of methoxy groups -OCH3 is 1. The first kappa shape index (κ1) is 25.8. The number of carbonyl (C=O) groups is 3. The minimum Gasteiger partial charge on any atom is -0.490 e. The molecular weight excluding hydrogens is 546 g/mol. The quantitative estimate of drug-likeness (QED) is 0.236. The number of fused-ring (bicyclic) bond motifs is 1. The molecule has 1 aliphatic heterocycles. The van der Waals surface area contributed by atoms with Crippen molar-refractivity contribution < 1.29 is 28.6 Å². The van der Waals surface area contributed by atoms with Gasteiger partial charge in [0.25, 0.3) is 11.1 Å². The molecule has 9 heteroatoms.